The number of amides is 1. The van der Waals surface area contributed by atoms with Crippen LogP contribution in [0.1, 0.15) is 44.8 Å². The molecule has 0 aromatic carbocycles. The molecule has 0 unspecified atom stereocenters. The number of carbonyl (C=O) groups excluding carboxylic acids is 1. The summed E-state index contributed by atoms with van der Waals surface area (Å²) in [5.74, 6) is 5.22. The van der Waals surface area contributed by atoms with E-state index in [4.69, 9.17) is 6.42 Å². The highest BCUT2D eigenvalue weighted by molar-refractivity contribution is 5.73. The van der Waals surface area contributed by atoms with E-state index in [1.165, 1.54) is 12.8 Å². The summed E-state index contributed by atoms with van der Waals surface area (Å²) in [5, 5.41) is 10.6. The molecule has 3 heterocycles. The highest BCUT2D eigenvalue weighted by Gasteiger charge is 2.26. The molecule has 8 heteroatoms. The number of aromatic amines is 1. The van der Waals surface area contributed by atoms with Crippen molar-refractivity contribution in [1.82, 2.24) is 25.1 Å². The Morgan fingerprint density at radius 1 is 1.37 bits per heavy atom. The second-order valence-electron chi connectivity index (χ2n) is 7.03. The van der Waals surface area contributed by atoms with Gasteiger partial charge in [0.05, 0.1) is 11.8 Å². The van der Waals surface area contributed by atoms with Gasteiger partial charge in [0.2, 0.25) is 11.9 Å². The average Bonchev–Trinajstić information content (AvgIpc) is 3.46. The van der Waals surface area contributed by atoms with Gasteiger partial charge in [-0.15, -0.1) is 6.42 Å². The monoisotopic (exact) mass is 367 g/mol. The first-order valence-electron chi connectivity index (χ1n) is 9.30. The van der Waals surface area contributed by atoms with E-state index in [2.05, 4.69) is 36.3 Å². The third kappa shape index (κ3) is 3.87. The van der Waals surface area contributed by atoms with Crippen molar-refractivity contribution in [2.45, 2.75) is 32.1 Å². The summed E-state index contributed by atoms with van der Waals surface area (Å²) < 4.78 is 0. The van der Waals surface area contributed by atoms with Crippen molar-refractivity contribution in [2.75, 3.05) is 36.4 Å². The lowest BCUT2D eigenvalue weighted by molar-refractivity contribution is -0.128. The van der Waals surface area contributed by atoms with E-state index < -0.39 is 0 Å². The zero-order valence-electron chi connectivity index (χ0n) is 15.4. The quantitative estimate of drug-likeness (QED) is 0.805. The summed E-state index contributed by atoms with van der Waals surface area (Å²) in [6.45, 7) is 4.53. The molecular formula is C19H25N7O. The molecule has 1 amide bonds. The number of hydrogen-bond acceptors (Lipinski definition) is 6. The minimum absolute atomic E-state index is 0. The van der Waals surface area contributed by atoms with E-state index in [0.717, 1.165) is 25.2 Å². The van der Waals surface area contributed by atoms with Crippen molar-refractivity contribution in [2.24, 2.45) is 0 Å². The normalized spacial score (nSPS) is 17.3. The Balaban J connectivity index is 0.00000225. The molecule has 142 valence electrons. The van der Waals surface area contributed by atoms with Crippen LogP contribution in [-0.2, 0) is 4.79 Å². The second kappa shape index (κ2) is 7.27. The molecule has 0 spiro atoms. The molecule has 4 rings (SSSR count). The van der Waals surface area contributed by atoms with E-state index in [0.29, 0.717) is 42.2 Å². The molecule has 2 aromatic rings. The lowest BCUT2D eigenvalue weighted by Crippen LogP contribution is -2.34. The van der Waals surface area contributed by atoms with E-state index in [1.807, 2.05) is 11.0 Å². The number of aromatic nitrogens is 4. The molecular weight excluding hydrogens is 342 g/mol. The van der Waals surface area contributed by atoms with E-state index in [-0.39, 0.29) is 7.33 Å². The first-order valence-corrected chi connectivity index (χ1v) is 9.30. The lowest BCUT2D eigenvalue weighted by Gasteiger charge is -2.21. The Hall–Kier alpha value is -3.08. The van der Waals surface area contributed by atoms with E-state index >= 15 is 0 Å². The number of terminal acetylenes is 1. The van der Waals surface area contributed by atoms with Gasteiger partial charge in [-0.1, -0.05) is 5.92 Å². The lowest BCUT2D eigenvalue weighted by atomic mass is 10.3. The molecule has 0 atom stereocenters. The van der Waals surface area contributed by atoms with Crippen LogP contribution in [0, 0.1) is 12.3 Å². The van der Waals surface area contributed by atoms with Gasteiger partial charge in [0.25, 0.3) is 0 Å². The van der Waals surface area contributed by atoms with Gasteiger partial charge in [0, 0.05) is 52.2 Å². The van der Waals surface area contributed by atoms with Crippen LogP contribution in [0.4, 0.5) is 17.6 Å². The van der Waals surface area contributed by atoms with Gasteiger partial charge >= 0.3 is 0 Å². The van der Waals surface area contributed by atoms with Crippen LogP contribution in [0.25, 0.3) is 0 Å². The van der Waals surface area contributed by atoms with E-state index in [1.54, 1.807) is 13.1 Å². The predicted octanol–water partition coefficient (Wildman–Crippen LogP) is 2.11. The topological polar surface area (TPSA) is 90.0 Å². The molecule has 2 aromatic heterocycles. The number of carbonyl (C=O) groups is 1. The standard InChI is InChI=1S/C19H23N7O.H2/c1-3-14-12-20-19(26-8-4-7-25(9-10-26)13(2)27)22-18(14)21-17-11-16(23-24-17)15-5-6-15;/h1,11-12,15H,4-10H2,2H3,(H2,20,21,22,23,24);1H. The maximum absolute atomic E-state index is 11.6. The van der Waals surface area contributed by atoms with Crippen molar-refractivity contribution in [3.05, 3.63) is 23.5 Å². The van der Waals surface area contributed by atoms with Crippen LogP contribution < -0.4 is 10.2 Å². The van der Waals surface area contributed by atoms with Gasteiger partial charge in [0.15, 0.2) is 11.6 Å². The summed E-state index contributed by atoms with van der Waals surface area (Å²) >= 11 is 0. The summed E-state index contributed by atoms with van der Waals surface area (Å²) in [6, 6.07) is 2.01. The summed E-state index contributed by atoms with van der Waals surface area (Å²) in [6.07, 6.45) is 10.6. The van der Waals surface area contributed by atoms with Crippen molar-refractivity contribution in [3.63, 3.8) is 0 Å². The van der Waals surface area contributed by atoms with Crippen LogP contribution in [0.5, 0.6) is 0 Å². The van der Waals surface area contributed by atoms with Crippen molar-refractivity contribution in [1.29, 1.82) is 0 Å². The summed E-state index contributed by atoms with van der Waals surface area (Å²) in [5.41, 5.74) is 1.74. The van der Waals surface area contributed by atoms with Crippen LogP contribution in [0.15, 0.2) is 12.3 Å². The van der Waals surface area contributed by atoms with Gasteiger partial charge < -0.3 is 15.1 Å². The number of hydrogen-bond donors (Lipinski definition) is 2. The highest BCUT2D eigenvalue weighted by Crippen LogP contribution is 2.39. The third-order valence-corrected chi connectivity index (χ3v) is 5.02. The zero-order chi connectivity index (χ0) is 18.8. The molecule has 1 aliphatic carbocycles. The van der Waals surface area contributed by atoms with Crippen LogP contribution in [0.3, 0.4) is 0 Å². The Morgan fingerprint density at radius 3 is 2.96 bits per heavy atom. The first kappa shape index (κ1) is 17.3. The average molecular weight is 367 g/mol. The Bertz CT molecular complexity index is 887. The SMILES string of the molecule is C#Cc1cnc(N2CCCN(C(C)=O)CC2)nc1Nc1cc(C2CC2)[nH]n1.[HH]. The Labute approximate surface area is 159 Å². The van der Waals surface area contributed by atoms with Gasteiger partial charge in [-0.25, -0.2) is 4.98 Å². The minimum Gasteiger partial charge on any atom is -0.341 e. The van der Waals surface area contributed by atoms with Crippen molar-refractivity contribution < 1.29 is 6.22 Å². The third-order valence-electron chi connectivity index (χ3n) is 5.02. The summed E-state index contributed by atoms with van der Waals surface area (Å²) in [7, 11) is 0. The number of H-pyrrole nitrogens is 1. The largest absolute Gasteiger partial charge is 0.341 e. The fourth-order valence-electron chi connectivity index (χ4n) is 3.28. The predicted molar refractivity (Wildman–Crippen MR) is 105 cm³/mol. The molecule has 27 heavy (non-hydrogen) atoms. The van der Waals surface area contributed by atoms with Crippen LogP contribution >= 0.6 is 0 Å². The molecule has 1 aliphatic heterocycles. The van der Waals surface area contributed by atoms with Gasteiger partial charge in [-0.2, -0.15) is 10.1 Å². The molecule has 1 saturated heterocycles. The molecule has 1 saturated carbocycles. The van der Waals surface area contributed by atoms with Crippen molar-refractivity contribution in [3.8, 4) is 12.3 Å². The fraction of sp³-hybridized carbons (Fsp3) is 0.474. The van der Waals surface area contributed by atoms with E-state index in [9.17, 15) is 4.79 Å². The molecule has 2 N–H and O–H groups in total. The Morgan fingerprint density at radius 2 is 2.22 bits per heavy atom. The molecule has 2 aliphatic rings. The molecule has 0 bridgehead atoms. The van der Waals surface area contributed by atoms with Gasteiger partial charge in [-0.05, 0) is 19.3 Å². The maximum atomic E-state index is 11.6. The molecule has 2 fully saturated rings. The highest BCUT2D eigenvalue weighted by atomic mass is 16.2. The van der Waals surface area contributed by atoms with Gasteiger partial charge in [-0.3, -0.25) is 9.89 Å². The number of nitrogens with zero attached hydrogens (tertiary/aromatic N) is 5. The fourth-order valence-corrected chi connectivity index (χ4v) is 3.28. The second-order valence-corrected chi connectivity index (χ2v) is 7.03. The number of rotatable bonds is 4. The smallest absolute Gasteiger partial charge is 0.227 e. The number of anilines is 3. The van der Waals surface area contributed by atoms with Crippen molar-refractivity contribution >= 4 is 23.5 Å². The first-order chi connectivity index (χ1) is 13.1. The van der Waals surface area contributed by atoms with Crippen LogP contribution in [-0.4, -0.2) is 57.2 Å². The summed E-state index contributed by atoms with van der Waals surface area (Å²) in [4.78, 5) is 24.7. The Kier molecular flexibility index (Phi) is 4.67. The molecule has 8 nitrogen and oxygen atoms in total. The number of nitrogens with one attached hydrogen (secondary N) is 2. The van der Waals surface area contributed by atoms with Gasteiger partial charge in [0.1, 0.15) is 0 Å². The maximum Gasteiger partial charge on any atom is 0.227 e. The minimum atomic E-state index is 0. The zero-order valence-corrected chi connectivity index (χ0v) is 15.4. The molecule has 0 radical (unpaired) electrons. The van der Waals surface area contributed by atoms with Crippen LogP contribution in [0.2, 0.25) is 0 Å².